The first kappa shape index (κ1) is 13.2. The van der Waals surface area contributed by atoms with Crippen LogP contribution in [0, 0.1) is 0 Å². The average Bonchev–Trinajstić information content (AvgIpc) is 2.34. The molecule has 1 aromatic carbocycles. The molecular formula is C12H17BrO3. The van der Waals surface area contributed by atoms with Crippen LogP contribution in [0.25, 0.3) is 0 Å². The zero-order chi connectivity index (χ0) is 12.0. The van der Waals surface area contributed by atoms with Crippen molar-refractivity contribution in [3.05, 3.63) is 17.7 Å². The molecule has 0 saturated heterocycles. The van der Waals surface area contributed by atoms with Gasteiger partial charge in [-0.25, -0.2) is 0 Å². The van der Waals surface area contributed by atoms with Crippen LogP contribution in [0.2, 0.25) is 0 Å². The molecular weight excluding hydrogens is 272 g/mol. The van der Waals surface area contributed by atoms with Gasteiger partial charge in [0.15, 0.2) is 11.5 Å². The summed E-state index contributed by atoms with van der Waals surface area (Å²) in [5, 5.41) is 0.990. The normalized spacial score (nSPS) is 10.0. The van der Waals surface area contributed by atoms with Gasteiger partial charge >= 0.3 is 0 Å². The van der Waals surface area contributed by atoms with Crippen LogP contribution in [0.3, 0.4) is 0 Å². The van der Waals surface area contributed by atoms with E-state index in [1.807, 2.05) is 12.1 Å². The highest BCUT2D eigenvalue weighted by Crippen LogP contribution is 2.38. The van der Waals surface area contributed by atoms with E-state index < -0.39 is 0 Å². The number of hydrogen-bond acceptors (Lipinski definition) is 3. The van der Waals surface area contributed by atoms with Crippen molar-refractivity contribution in [1.82, 2.24) is 0 Å². The summed E-state index contributed by atoms with van der Waals surface area (Å²) in [6.45, 7) is 0. The standard InChI is InChI=1S/C12H17BrO3/c1-14-10-7-9(5-4-6-13)8-11(15-2)12(10)16-3/h7-8H,4-6H2,1-3H3. The van der Waals surface area contributed by atoms with E-state index >= 15 is 0 Å². The molecule has 4 heteroatoms. The van der Waals surface area contributed by atoms with E-state index in [-0.39, 0.29) is 0 Å². The highest BCUT2D eigenvalue weighted by atomic mass is 79.9. The number of methoxy groups -OCH3 is 3. The summed E-state index contributed by atoms with van der Waals surface area (Å²) in [6.07, 6.45) is 2.07. The molecule has 0 radical (unpaired) electrons. The Morgan fingerprint density at radius 3 is 1.94 bits per heavy atom. The average molecular weight is 289 g/mol. The minimum atomic E-state index is 0.646. The summed E-state index contributed by atoms with van der Waals surface area (Å²) in [5.74, 6) is 2.07. The van der Waals surface area contributed by atoms with Gasteiger partial charge in [-0.1, -0.05) is 15.9 Å². The molecule has 1 rings (SSSR count). The fourth-order valence-electron chi connectivity index (χ4n) is 1.55. The lowest BCUT2D eigenvalue weighted by Crippen LogP contribution is -1.97. The molecule has 0 atom stereocenters. The third kappa shape index (κ3) is 3.04. The molecule has 0 aliphatic rings. The first-order valence-electron chi connectivity index (χ1n) is 5.11. The van der Waals surface area contributed by atoms with Crippen LogP contribution in [0.15, 0.2) is 12.1 Å². The van der Waals surface area contributed by atoms with Crippen molar-refractivity contribution in [2.75, 3.05) is 26.7 Å². The van der Waals surface area contributed by atoms with Crippen molar-refractivity contribution in [2.24, 2.45) is 0 Å². The summed E-state index contributed by atoms with van der Waals surface area (Å²) in [7, 11) is 4.87. The minimum Gasteiger partial charge on any atom is -0.493 e. The lowest BCUT2D eigenvalue weighted by molar-refractivity contribution is 0.324. The van der Waals surface area contributed by atoms with Crippen molar-refractivity contribution in [3.8, 4) is 17.2 Å². The fourth-order valence-corrected chi connectivity index (χ4v) is 1.83. The van der Waals surface area contributed by atoms with E-state index in [2.05, 4.69) is 15.9 Å². The fraction of sp³-hybridized carbons (Fsp3) is 0.500. The molecule has 0 saturated carbocycles. The van der Waals surface area contributed by atoms with Crippen molar-refractivity contribution >= 4 is 15.9 Å². The SMILES string of the molecule is COc1cc(CCCBr)cc(OC)c1OC. The number of hydrogen-bond donors (Lipinski definition) is 0. The van der Waals surface area contributed by atoms with Gasteiger partial charge in [0.2, 0.25) is 5.75 Å². The molecule has 0 heterocycles. The molecule has 0 amide bonds. The maximum Gasteiger partial charge on any atom is 0.203 e. The molecule has 16 heavy (non-hydrogen) atoms. The van der Waals surface area contributed by atoms with Gasteiger partial charge in [0, 0.05) is 5.33 Å². The summed E-state index contributed by atoms with van der Waals surface area (Å²) in [6, 6.07) is 3.98. The Morgan fingerprint density at radius 2 is 1.56 bits per heavy atom. The summed E-state index contributed by atoms with van der Waals surface area (Å²) < 4.78 is 15.8. The van der Waals surface area contributed by atoms with E-state index in [0.29, 0.717) is 17.2 Å². The maximum absolute atomic E-state index is 5.28. The molecule has 0 spiro atoms. The number of ether oxygens (including phenoxy) is 3. The van der Waals surface area contributed by atoms with E-state index in [9.17, 15) is 0 Å². The zero-order valence-corrected chi connectivity index (χ0v) is 11.5. The third-order valence-corrected chi connectivity index (χ3v) is 2.88. The van der Waals surface area contributed by atoms with Crippen LogP contribution >= 0.6 is 15.9 Å². The number of aryl methyl sites for hydroxylation is 1. The topological polar surface area (TPSA) is 27.7 Å². The first-order valence-corrected chi connectivity index (χ1v) is 6.23. The number of halogens is 1. The monoisotopic (exact) mass is 288 g/mol. The summed E-state index contributed by atoms with van der Waals surface area (Å²) >= 11 is 3.42. The Bertz CT molecular complexity index is 314. The van der Waals surface area contributed by atoms with Crippen molar-refractivity contribution < 1.29 is 14.2 Å². The second-order valence-corrected chi connectivity index (χ2v) is 4.12. The molecule has 0 fully saturated rings. The zero-order valence-electron chi connectivity index (χ0n) is 9.88. The van der Waals surface area contributed by atoms with Crippen molar-refractivity contribution in [1.29, 1.82) is 0 Å². The molecule has 1 aromatic rings. The van der Waals surface area contributed by atoms with Gasteiger partial charge in [0.05, 0.1) is 21.3 Å². The minimum absolute atomic E-state index is 0.646. The third-order valence-electron chi connectivity index (χ3n) is 2.32. The van der Waals surface area contributed by atoms with E-state index in [0.717, 1.165) is 18.2 Å². The quantitative estimate of drug-likeness (QED) is 0.753. The molecule has 3 nitrogen and oxygen atoms in total. The molecule has 0 aliphatic heterocycles. The van der Waals surface area contributed by atoms with Gasteiger partial charge in [-0.05, 0) is 30.5 Å². The second kappa shape index (κ2) is 6.63. The van der Waals surface area contributed by atoms with Crippen LogP contribution in [0.4, 0.5) is 0 Å². The highest BCUT2D eigenvalue weighted by Gasteiger charge is 2.12. The van der Waals surface area contributed by atoms with Crippen LogP contribution in [-0.2, 0) is 6.42 Å². The van der Waals surface area contributed by atoms with Gasteiger partial charge in [-0.3, -0.25) is 0 Å². The molecule has 0 unspecified atom stereocenters. The molecule has 0 aromatic heterocycles. The van der Waals surface area contributed by atoms with Crippen LogP contribution in [0.1, 0.15) is 12.0 Å². The van der Waals surface area contributed by atoms with Gasteiger partial charge < -0.3 is 14.2 Å². The van der Waals surface area contributed by atoms with Crippen LogP contribution in [0.5, 0.6) is 17.2 Å². The highest BCUT2D eigenvalue weighted by molar-refractivity contribution is 9.09. The number of alkyl halides is 1. The van der Waals surface area contributed by atoms with Gasteiger partial charge in [-0.2, -0.15) is 0 Å². The second-order valence-electron chi connectivity index (χ2n) is 3.33. The lowest BCUT2D eigenvalue weighted by atomic mass is 10.1. The first-order chi connectivity index (χ1) is 7.76. The van der Waals surface area contributed by atoms with Crippen LogP contribution in [-0.4, -0.2) is 26.7 Å². The van der Waals surface area contributed by atoms with Gasteiger partial charge in [-0.15, -0.1) is 0 Å². The van der Waals surface area contributed by atoms with E-state index in [4.69, 9.17) is 14.2 Å². The molecule has 0 N–H and O–H groups in total. The Morgan fingerprint density at radius 1 is 1.00 bits per heavy atom. The Hall–Kier alpha value is -0.900. The van der Waals surface area contributed by atoms with Crippen molar-refractivity contribution in [2.45, 2.75) is 12.8 Å². The maximum atomic E-state index is 5.28. The largest absolute Gasteiger partial charge is 0.493 e. The number of rotatable bonds is 6. The smallest absolute Gasteiger partial charge is 0.203 e. The Labute approximate surface area is 105 Å². The Balaban J connectivity index is 3.05. The van der Waals surface area contributed by atoms with Gasteiger partial charge in [0.25, 0.3) is 0 Å². The summed E-state index contributed by atoms with van der Waals surface area (Å²) in [4.78, 5) is 0. The van der Waals surface area contributed by atoms with E-state index in [1.165, 1.54) is 5.56 Å². The van der Waals surface area contributed by atoms with Crippen LogP contribution < -0.4 is 14.2 Å². The predicted molar refractivity (Wildman–Crippen MR) is 68.2 cm³/mol. The number of benzene rings is 1. The summed E-state index contributed by atoms with van der Waals surface area (Å²) in [5.41, 5.74) is 1.19. The molecule has 0 bridgehead atoms. The molecule has 90 valence electrons. The Kier molecular flexibility index (Phi) is 5.46. The van der Waals surface area contributed by atoms with E-state index in [1.54, 1.807) is 21.3 Å². The predicted octanol–water partition coefficient (Wildman–Crippen LogP) is 3.04. The lowest BCUT2D eigenvalue weighted by Gasteiger charge is -2.13. The van der Waals surface area contributed by atoms with Gasteiger partial charge in [0.1, 0.15) is 0 Å². The van der Waals surface area contributed by atoms with Crippen molar-refractivity contribution in [3.63, 3.8) is 0 Å². The molecule has 0 aliphatic carbocycles.